The maximum atomic E-state index is 13.3. The van der Waals surface area contributed by atoms with Gasteiger partial charge in [-0.2, -0.15) is 0 Å². The van der Waals surface area contributed by atoms with Crippen molar-refractivity contribution in [2.45, 2.75) is 25.3 Å². The average Bonchev–Trinajstić information content (AvgIpc) is 2.60. The number of benzene rings is 2. The number of ether oxygens (including phenoxy) is 2. The van der Waals surface area contributed by atoms with Crippen LogP contribution in [0.3, 0.4) is 0 Å². The first-order valence-electron chi connectivity index (χ1n) is 8.19. The van der Waals surface area contributed by atoms with Gasteiger partial charge in [-0.15, -0.1) is 0 Å². The molecule has 124 valence electrons. The molecular weight excluding hydrogens is 309 g/mol. The molecule has 1 N–H and O–H groups in total. The zero-order valence-electron chi connectivity index (χ0n) is 13.2. The highest BCUT2D eigenvalue weighted by Gasteiger charge is 2.26. The Morgan fingerprint density at radius 1 is 1.12 bits per heavy atom. The molecule has 4 nitrogen and oxygen atoms in total. The number of rotatable bonds is 2. The van der Waals surface area contributed by atoms with Gasteiger partial charge >= 0.3 is 0 Å². The molecule has 1 heterocycles. The molecule has 2 aromatic rings. The molecule has 0 fully saturated rings. The third-order valence-corrected chi connectivity index (χ3v) is 4.51. The van der Waals surface area contributed by atoms with Crippen molar-refractivity contribution < 1.29 is 18.7 Å². The standard InChI is InChI=1S/C19H18FNO3/c20-14-5-1-4-13(9-14)19(22)21-16-6-2-3-12-10-17-18(11-15(12)16)24-8-7-23-17/h1,4-5,9-11,16H,2-3,6-8H2,(H,21,22). The molecule has 1 amide bonds. The molecule has 2 aromatic carbocycles. The van der Waals surface area contributed by atoms with Crippen molar-refractivity contribution in [2.24, 2.45) is 0 Å². The van der Waals surface area contributed by atoms with Crippen LogP contribution in [0.4, 0.5) is 4.39 Å². The molecule has 0 bridgehead atoms. The molecule has 2 aliphatic rings. The number of aryl methyl sites for hydroxylation is 1. The fourth-order valence-corrected chi connectivity index (χ4v) is 3.36. The summed E-state index contributed by atoms with van der Waals surface area (Å²) in [4.78, 5) is 12.4. The summed E-state index contributed by atoms with van der Waals surface area (Å²) in [5, 5.41) is 3.02. The van der Waals surface area contributed by atoms with Crippen molar-refractivity contribution in [3.63, 3.8) is 0 Å². The van der Waals surface area contributed by atoms with E-state index < -0.39 is 5.82 Å². The van der Waals surface area contributed by atoms with Crippen molar-refractivity contribution in [2.75, 3.05) is 13.2 Å². The normalized spacial score (nSPS) is 18.6. The van der Waals surface area contributed by atoms with Crippen LogP contribution < -0.4 is 14.8 Å². The van der Waals surface area contributed by atoms with Gasteiger partial charge in [0.05, 0.1) is 6.04 Å². The van der Waals surface area contributed by atoms with E-state index in [2.05, 4.69) is 5.32 Å². The highest BCUT2D eigenvalue weighted by atomic mass is 19.1. The molecule has 0 radical (unpaired) electrons. The van der Waals surface area contributed by atoms with Gasteiger partial charge in [0, 0.05) is 5.56 Å². The first-order valence-corrected chi connectivity index (χ1v) is 8.19. The Hall–Kier alpha value is -2.56. The zero-order chi connectivity index (χ0) is 16.5. The molecule has 1 atom stereocenters. The van der Waals surface area contributed by atoms with Crippen LogP contribution in [0.15, 0.2) is 36.4 Å². The topological polar surface area (TPSA) is 47.6 Å². The summed E-state index contributed by atoms with van der Waals surface area (Å²) >= 11 is 0. The van der Waals surface area contributed by atoms with Crippen LogP contribution in [0.5, 0.6) is 11.5 Å². The lowest BCUT2D eigenvalue weighted by molar-refractivity contribution is 0.0932. The van der Waals surface area contributed by atoms with Crippen LogP contribution in [-0.2, 0) is 6.42 Å². The molecule has 1 aliphatic carbocycles. The van der Waals surface area contributed by atoms with Crippen LogP contribution in [0.25, 0.3) is 0 Å². The van der Waals surface area contributed by atoms with E-state index in [-0.39, 0.29) is 11.9 Å². The lowest BCUT2D eigenvalue weighted by Gasteiger charge is -2.29. The quantitative estimate of drug-likeness (QED) is 0.919. The van der Waals surface area contributed by atoms with E-state index in [4.69, 9.17) is 9.47 Å². The maximum absolute atomic E-state index is 13.3. The van der Waals surface area contributed by atoms with Crippen LogP contribution in [0.1, 0.15) is 40.4 Å². The Balaban J connectivity index is 1.61. The molecule has 0 spiro atoms. The smallest absolute Gasteiger partial charge is 0.251 e. The molecule has 0 saturated carbocycles. The van der Waals surface area contributed by atoms with E-state index in [1.165, 1.54) is 17.7 Å². The number of fused-ring (bicyclic) bond motifs is 2. The highest BCUT2D eigenvalue weighted by molar-refractivity contribution is 5.94. The van der Waals surface area contributed by atoms with Crippen LogP contribution in [0, 0.1) is 5.82 Å². The largest absolute Gasteiger partial charge is 0.486 e. The van der Waals surface area contributed by atoms with Gasteiger partial charge in [-0.3, -0.25) is 4.79 Å². The monoisotopic (exact) mass is 327 g/mol. The van der Waals surface area contributed by atoms with E-state index in [0.29, 0.717) is 18.8 Å². The van der Waals surface area contributed by atoms with Crippen LogP contribution >= 0.6 is 0 Å². The predicted molar refractivity (Wildman–Crippen MR) is 87.0 cm³/mol. The Morgan fingerprint density at radius 2 is 1.92 bits per heavy atom. The number of hydrogen-bond donors (Lipinski definition) is 1. The second kappa shape index (κ2) is 6.15. The van der Waals surface area contributed by atoms with Gasteiger partial charge in [0.2, 0.25) is 0 Å². The minimum Gasteiger partial charge on any atom is -0.486 e. The number of hydrogen-bond acceptors (Lipinski definition) is 3. The summed E-state index contributed by atoms with van der Waals surface area (Å²) in [6.45, 7) is 1.09. The van der Waals surface area contributed by atoms with Crippen molar-refractivity contribution in [1.82, 2.24) is 5.32 Å². The first-order chi connectivity index (χ1) is 11.7. The number of halogens is 1. The molecule has 4 rings (SSSR count). The Morgan fingerprint density at radius 3 is 2.71 bits per heavy atom. The summed E-state index contributed by atoms with van der Waals surface area (Å²) in [5.41, 5.74) is 2.57. The number of carbonyl (C=O) groups is 1. The summed E-state index contributed by atoms with van der Waals surface area (Å²) in [5.74, 6) is 0.831. The Kier molecular flexibility index (Phi) is 3.84. The van der Waals surface area contributed by atoms with Crippen molar-refractivity contribution in [3.05, 3.63) is 58.9 Å². The van der Waals surface area contributed by atoms with Crippen molar-refractivity contribution in [3.8, 4) is 11.5 Å². The molecule has 1 unspecified atom stereocenters. The molecule has 1 aliphatic heterocycles. The zero-order valence-corrected chi connectivity index (χ0v) is 13.2. The lowest BCUT2D eigenvalue weighted by Crippen LogP contribution is -2.31. The fourth-order valence-electron chi connectivity index (χ4n) is 3.36. The van der Waals surface area contributed by atoms with Crippen molar-refractivity contribution >= 4 is 5.91 Å². The highest BCUT2D eigenvalue weighted by Crippen LogP contribution is 2.39. The maximum Gasteiger partial charge on any atom is 0.251 e. The molecule has 0 saturated heterocycles. The van der Waals surface area contributed by atoms with Gasteiger partial charge < -0.3 is 14.8 Å². The summed E-state index contributed by atoms with van der Waals surface area (Å²) in [6.07, 6.45) is 2.80. The van der Waals surface area contributed by atoms with E-state index in [0.717, 1.165) is 36.3 Å². The Bertz CT molecular complexity index is 790. The number of carbonyl (C=O) groups excluding carboxylic acids is 1. The van der Waals surface area contributed by atoms with Gasteiger partial charge in [-0.05, 0) is 60.7 Å². The van der Waals surface area contributed by atoms with E-state index >= 15 is 0 Å². The average molecular weight is 327 g/mol. The first kappa shape index (κ1) is 15.0. The Labute approximate surface area is 139 Å². The summed E-state index contributed by atoms with van der Waals surface area (Å²) < 4.78 is 24.6. The molecule has 24 heavy (non-hydrogen) atoms. The van der Waals surface area contributed by atoms with Crippen molar-refractivity contribution in [1.29, 1.82) is 0 Å². The van der Waals surface area contributed by atoms with Gasteiger partial charge in [-0.1, -0.05) is 6.07 Å². The number of nitrogens with one attached hydrogen (secondary N) is 1. The second-order valence-corrected chi connectivity index (χ2v) is 6.12. The van der Waals surface area contributed by atoms with Crippen LogP contribution in [-0.4, -0.2) is 19.1 Å². The predicted octanol–water partition coefficient (Wildman–Crippen LogP) is 3.40. The minimum atomic E-state index is -0.411. The van der Waals surface area contributed by atoms with Gasteiger partial charge in [-0.25, -0.2) is 4.39 Å². The summed E-state index contributed by atoms with van der Waals surface area (Å²) in [6, 6.07) is 9.63. The van der Waals surface area contributed by atoms with Gasteiger partial charge in [0.25, 0.3) is 5.91 Å². The summed E-state index contributed by atoms with van der Waals surface area (Å²) in [7, 11) is 0. The van der Waals surface area contributed by atoms with E-state index in [1.807, 2.05) is 12.1 Å². The van der Waals surface area contributed by atoms with Gasteiger partial charge in [0.15, 0.2) is 11.5 Å². The third-order valence-electron chi connectivity index (χ3n) is 4.51. The van der Waals surface area contributed by atoms with E-state index in [9.17, 15) is 9.18 Å². The molecule has 0 aromatic heterocycles. The van der Waals surface area contributed by atoms with E-state index in [1.54, 1.807) is 12.1 Å². The number of amides is 1. The SMILES string of the molecule is O=C(NC1CCCc2cc3c(cc21)OCCO3)c1cccc(F)c1. The second-order valence-electron chi connectivity index (χ2n) is 6.12. The molecule has 5 heteroatoms. The fraction of sp³-hybridized carbons (Fsp3) is 0.316. The third kappa shape index (κ3) is 2.82. The minimum absolute atomic E-state index is 0.0969. The molecular formula is C19H18FNO3. The van der Waals surface area contributed by atoms with Gasteiger partial charge in [0.1, 0.15) is 19.0 Å². The lowest BCUT2D eigenvalue weighted by atomic mass is 9.87. The van der Waals surface area contributed by atoms with Crippen LogP contribution in [0.2, 0.25) is 0 Å².